The third-order valence-electron chi connectivity index (χ3n) is 3.69. The van der Waals surface area contributed by atoms with E-state index in [4.69, 9.17) is 4.42 Å². The molecule has 0 aliphatic carbocycles. The summed E-state index contributed by atoms with van der Waals surface area (Å²) in [4.78, 5) is 15.6. The SMILES string of the molecule is CC(C)CCC(C)NC(=O)N(Cc1ccco1)Cc1cccs1. The van der Waals surface area contributed by atoms with Crippen molar-refractivity contribution in [3.63, 3.8) is 0 Å². The van der Waals surface area contributed by atoms with Crippen LogP contribution < -0.4 is 5.32 Å². The molecule has 1 atom stereocenters. The van der Waals surface area contributed by atoms with Crippen molar-refractivity contribution in [1.29, 1.82) is 0 Å². The Kier molecular flexibility index (Phi) is 6.71. The lowest BCUT2D eigenvalue weighted by Gasteiger charge is -2.24. The smallest absolute Gasteiger partial charge is 0.318 e. The van der Waals surface area contributed by atoms with Crippen LogP contribution in [0.3, 0.4) is 0 Å². The molecule has 2 aromatic rings. The molecule has 23 heavy (non-hydrogen) atoms. The van der Waals surface area contributed by atoms with E-state index < -0.39 is 0 Å². The highest BCUT2D eigenvalue weighted by molar-refractivity contribution is 7.09. The van der Waals surface area contributed by atoms with Crippen LogP contribution >= 0.6 is 11.3 Å². The number of urea groups is 1. The number of rotatable bonds is 8. The lowest BCUT2D eigenvalue weighted by Crippen LogP contribution is -2.43. The number of nitrogens with zero attached hydrogens (tertiary/aromatic N) is 1. The van der Waals surface area contributed by atoms with Crippen molar-refractivity contribution in [2.75, 3.05) is 0 Å². The van der Waals surface area contributed by atoms with Gasteiger partial charge in [0, 0.05) is 10.9 Å². The minimum atomic E-state index is -0.0361. The molecule has 0 aliphatic rings. The van der Waals surface area contributed by atoms with Crippen molar-refractivity contribution >= 4 is 17.4 Å². The van der Waals surface area contributed by atoms with Crippen molar-refractivity contribution in [2.24, 2.45) is 5.92 Å². The summed E-state index contributed by atoms with van der Waals surface area (Å²) >= 11 is 1.66. The fourth-order valence-corrected chi connectivity index (χ4v) is 3.06. The number of amides is 2. The van der Waals surface area contributed by atoms with Gasteiger partial charge in [0.05, 0.1) is 19.4 Å². The molecule has 2 amide bonds. The minimum absolute atomic E-state index is 0.0361. The van der Waals surface area contributed by atoms with E-state index in [0.29, 0.717) is 19.0 Å². The fraction of sp³-hybridized carbons (Fsp3) is 0.500. The molecule has 0 aliphatic heterocycles. The highest BCUT2D eigenvalue weighted by Gasteiger charge is 2.18. The molecule has 2 heterocycles. The van der Waals surface area contributed by atoms with Gasteiger partial charge in [-0.2, -0.15) is 0 Å². The monoisotopic (exact) mass is 334 g/mol. The first-order valence-corrected chi connectivity index (χ1v) is 9.02. The molecule has 4 nitrogen and oxygen atoms in total. The van der Waals surface area contributed by atoms with E-state index in [1.165, 1.54) is 4.88 Å². The number of hydrogen-bond donors (Lipinski definition) is 1. The molecular formula is C18H26N2O2S. The number of hydrogen-bond acceptors (Lipinski definition) is 3. The summed E-state index contributed by atoms with van der Waals surface area (Å²) in [5, 5.41) is 5.14. The van der Waals surface area contributed by atoms with Gasteiger partial charge in [0.15, 0.2) is 0 Å². The molecule has 0 spiro atoms. The average molecular weight is 334 g/mol. The zero-order valence-electron chi connectivity index (χ0n) is 14.1. The van der Waals surface area contributed by atoms with Crippen molar-refractivity contribution < 1.29 is 9.21 Å². The van der Waals surface area contributed by atoms with E-state index in [9.17, 15) is 4.79 Å². The Labute approximate surface area is 142 Å². The molecule has 5 heteroatoms. The highest BCUT2D eigenvalue weighted by Crippen LogP contribution is 2.15. The zero-order valence-corrected chi connectivity index (χ0v) is 14.9. The van der Waals surface area contributed by atoms with Crippen LogP contribution in [0.4, 0.5) is 4.79 Å². The van der Waals surface area contributed by atoms with E-state index in [1.54, 1.807) is 22.5 Å². The number of thiophene rings is 1. The minimum Gasteiger partial charge on any atom is -0.467 e. The van der Waals surface area contributed by atoms with Gasteiger partial charge in [-0.05, 0) is 49.3 Å². The van der Waals surface area contributed by atoms with E-state index >= 15 is 0 Å². The summed E-state index contributed by atoms with van der Waals surface area (Å²) in [6.45, 7) is 7.55. The molecule has 0 radical (unpaired) electrons. The number of carbonyl (C=O) groups excluding carboxylic acids is 1. The molecular weight excluding hydrogens is 308 g/mol. The summed E-state index contributed by atoms with van der Waals surface area (Å²) in [7, 11) is 0. The Morgan fingerprint density at radius 2 is 2.04 bits per heavy atom. The molecule has 0 fully saturated rings. The second-order valence-electron chi connectivity index (χ2n) is 6.34. The van der Waals surface area contributed by atoms with Crippen molar-refractivity contribution in [2.45, 2.75) is 52.7 Å². The lowest BCUT2D eigenvalue weighted by atomic mass is 10.0. The fourth-order valence-electron chi connectivity index (χ4n) is 2.34. The first-order valence-electron chi connectivity index (χ1n) is 8.14. The molecule has 2 rings (SSSR count). The third-order valence-corrected chi connectivity index (χ3v) is 4.55. The summed E-state index contributed by atoms with van der Waals surface area (Å²) in [5.41, 5.74) is 0. The summed E-state index contributed by atoms with van der Waals surface area (Å²) in [6.07, 6.45) is 3.75. The lowest BCUT2D eigenvalue weighted by molar-refractivity contribution is 0.183. The maximum absolute atomic E-state index is 12.6. The van der Waals surface area contributed by atoms with Gasteiger partial charge in [0.2, 0.25) is 0 Å². The first kappa shape index (κ1) is 17.6. The van der Waals surface area contributed by atoms with Gasteiger partial charge < -0.3 is 14.6 Å². The maximum atomic E-state index is 12.6. The Hall–Kier alpha value is -1.75. The molecule has 0 saturated heterocycles. The highest BCUT2D eigenvalue weighted by atomic mass is 32.1. The van der Waals surface area contributed by atoms with Crippen LogP contribution in [0, 0.1) is 5.92 Å². The second-order valence-corrected chi connectivity index (χ2v) is 7.37. The first-order chi connectivity index (χ1) is 11.0. The van der Waals surface area contributed by atoms with E-state index in [1.807, 2.05) is 23.6 Å². The molecule has 126 valence electrons. The van der Waals surface area contributed by atoms with Gasteiger partial charge in [0.25, 0.3) is 0 Å². The molecule has 1 N–H and O–H groups in total. The average Bonchev–Trinajstić information content (AvgIpc) is 3.18. The summed E-state index contributed by atoms with van der Waals surface area (Å²) in [5.74, 6) is 1.45. The second kappa shape index (κ2) is 8.77. The van der Waals surface area contributed by atoms with Gasteiger partial charge in [-0.15, -0.1) is 11.3 Å². The van der Waals surface area contributed by atoms with Crippen molar-refractivity contribution in [3.05, 3.63) is 46.5 Å². The van der Waals surface area contributed by atoms with Crippen LogP contribution in [0.5, 0.6) is 0 Å². The topological polar surface area (TPSA) is 45.5 Å². The quantitative estimate of drug-likeness (QED) is 0.748. The van der Waals surface area contributed by atoms with E-state index in [0.717, 1.165) is 18.6 Å². The van der Waals surface area contributed by atoms with Crippen LogP contribution in [0.1, 0.15) is 44.3 Å². The number of nitrogens with one attached hydrogen (secondary N) is 1. The molecule has 2 aromatic heterocycles. The molecule has 1 unspecified atom stereocenters. The summed E-state index contributed by atoms with van der Waals surface area (Å²) in [6, 6.07) is 7.95. The number of furan rings is 1. The predicted octanol–water partition coefficient (Wildman–Crippen LogP) is 4.88. The van der Waals surface area contributed by atoms with Crippen LogP contribution in [0.2, 0.25) is 0 Å². The Bertz CT molecular complexity index is 528. The zero-order chi connectivity index (χ0) is 16.7. The molecule has 0 saturated carbocycles. The van der Waals surface area contributed by atoms with Crippen LogP contribution in [-0.4, -0.2) is 17.0 Å². The van der Waals surface area contributed by atoms with E-state index in [-0.39, 0.29) is 12.1 Å². The molecule has 0 bridgehead atoms. The van der Waals surface area contributed by atoms with Gasteiger partial charge in [-0.3, -0.25) is 0 Å². The Morgan fingerprint density at radius 3 is 2.65 bits per heavy atom. The normalized spacial score (nSPS) is 12.3. The van der Waals surface area contributed by atoms with Crippen LogP contribution in [-0.2, 0) is 13.1 Å². The van der Waals surface area contributed by atoms with Gasteiger partial charge in [0.1, 0.15) is 5.76 Å². The van der Waals surface area contributed by atoms with Gasteiger partial charge >= 0.3 is 6.03 Å². The Morgan fingerprint density at radius 1 is 1.22 bits per heavy atom. The third kappa shape index (κ3) is 6.10. The van der Waals surface area contributed by atoms with Crippen molar-refractivity contribution in [3.8, 4) is 0 Å². The Balaban J connectivity index is 1.95. The van der Waals surface area contributed by atoms with Crippen molar-refractivity contribution in [1.82, 2.24) is 10.2 Å². The standard InChI is InChI=1S/C18H26N2O2S/c1-14(2)8-9-15(3)19-18(21)20(12-16-6-4-10-22-16)13-17-7-5-11-23-17/h4-7,10-11,14-15H,8-9,12-13H2,1-3H3,(H,19,21). The predicted molar refractivity (Wildman–Crippen MR) is 94.3 cm³/mol. The number of carbonyl (C=O) groups is 1. The van der Waals surface area contributed by atoms with Gasteiger partial charge in [-0.1, -0.05) is 19.9 Å². The van der Waals surface area contributed by atoms with Crippen LogP contribution in [0.15, 0.2) is 40.3 Å². The van der Waals surface area contributed by atoms with E-state index in [2.05, 4.69) is 32.2 Å². The summed E-state index contributed by atoms with van der Waals surface area (Å²) < 4.78 is 5.40. The largest absolute Gasteiger partial charge is 0.467 e. The maximum Gasteiger partial charge on any atom is 0.318 e. The molecule has 0 aromatic carbocycles. The van der Waals surface area contributed by atoms with Crippen LogP contribution in [0.25, 0.3) is 0 Å². The van der Waals surface area contributed by atoms with Gasteiger partial charge in [-0.25, -0.2) is 4.79 Å².